The summed E-state index contributed by atoms with van der Waals surface area (Å²) in [5.74, 6) is 0.465. The molecular formula is C13H15ClN2S. The molecule has 0 amide bonds. The Morgan fingerprint density at radius 3 is 3.00 bits per heavy atom. The van der Waals surface area contributed by atoms with Crippen molar-refractivity contribution >= 4 is 28.6 Å². The Kier molecular flexibility index (Phi) is 4.40. The van der Waals surface area contributed by atoms with Gasteiger partial charge >= 0.3 is 0 Å². The van der Waals surface area contributed by atoms with E-state index in [1.165, 1.54) is 10.6 Å². The van der Waals surface area contributed by atoms with E-state index in [-0.39, 0.29) is 0 Å². The van der Waals surface area contributed by atoms with E-state index in [2.05, 4.69) is 34.4 Å². The number of alkyl halides is 1. The second-order valence-electron chi connectivity index (χ2n) is 3.89. The summed E-state index contributed by atoms with van der Waals surface area (Å²) in [6.07, 6.45) is 2.89. The minimum atomic E-state index is 0.465. The van der Waals surface area contributed by atoms with Crippen LogP contribution in [0.5, 0.6) is 0 Å². The zero-order chi connectivity index (χ0) is 12.1. The summed E-state index contributed by atoms with van der Waals surface area (Å²) < 4.78 is 0. The number of aromatic nitrogens is 1. The summed E-state index contributed by atoms with van der Waals surface area (Å²) >= 11 is 7.59. The minimum absolute atomic E-state index is 0.465. The van der Waals surface area contributed by atoms with Crippen LogP contribution in [0.4, 0.5) is 5.69 Å². The van der Waals surface area contributed by atoms with Crippen LogP contribution in [0.15, 0.2) is 35.8 Å². The molecule has 0 N–H and O–H groups in total. The fraction of sp³-hybridized carbons (Fsp3) is 0.308. The van der Waals surface area contributed by atoms with Crippen molar-refractivity contribution in [2.24, 2.45) is 0 Å². The zero-order valence-corrected chi connectivity index (χ0v) is 11.3. The Hall–Kier alpha value is -1.06. The summed E-state index contributed by atoms with van der Waals surface area (Å²) in [6.45, 7) is 1.01. The summed E-state index contributed by atoms with van der Waals surface area (Å²) in [4.78, 5) is 7.85. The summed E-state index contributed by atoms with van der Waals surface area (Å²) in [5.41, 5.74) is 2.10. The highest BCUT2D eigenvalue weighted by Gasteiger charge is 2.03. The van der Waals surface area contributed by atoms with Crippen LogP contribution in [0.25, 0.3) is 0 Å². The molecule has 4 heteroatoms. The normalized spacial score (nSPS) is 10.5. The van der Waals surface area contributed by atoms with E-state index >= 15 is 0 Å². The summed E-state index contributed by atoms with van der Waals surface area (Å²) in [7, 11) is 2.10. The van der Waals surface area contributed by atoms with Gasteiger partial charge in [0.1, 0.15) is 0 Å². The Bertz CT molecular complexity index is 456. The van der Waals surface area contributed by atoms with Crippen LogP contribution in [0, 0.1) is 0 Å². The number of hydrogen-bond acceptors (Lipinski definition) is 3. The van der Waals surface area contributed by atoms with Crippen molar-refractivity contribution in [1.82, 2.24) is 4.98 Å². The van der Waals surface area contributed by atoms with Gasteiger partial charge in [-0.3, -0.25) is 4.98 Å². The molecule has 0 aliphatic carbocycles. The van der Waals surface area contributed by atoms with Crippen LogP contribution in [0.2, 0.25) is 0 Å². The molecule has 0 unspecified atom stereocenters. The van der Waals surface area contributed by atoms with Gasteiger partial charge in [-0.1, -0.05) is 6.07 Å². The first-order valence-electron chi connectivity index (χ1n) is 5.54. The number of halogens is 1. The monoisotopic (exact) mass is 266 g/mol. The van der Waals surface area contributed by atoms with Crippen LogP contribution in [-0.4, -0.2) is 18.6 Å². The van der Waals surface area contributed by atoms with E-state index < -0.39 is 0 Å². The fourth-order valence-corrected chi connectivity index (χ4v) is 2.48. The lowest BCUT2D eigenvalue weighted by Crippen LogP contribution is -2.20. The number of nitrogens with zero attached hydrogens (tertiary/aromatic N) is 2. The van der Waals surface area contributed by atoms with Crippen molar-refractivity contribution in [3.63, 3.8) is 0 Å². The maximum Gasteiger partial charge on any atom is 0.0648 e. The highest BCUT2D eigenvalue weighted by molar-refractivity contribution is 7.09. The number of likely N-dealkylation sites (N-methyl/N-ethyl adjacent to an activating group) is 1. The third-order valence-corrected chi connectivity index (χ3v) is 3.86. The van der Waals surface area contributed by atoms with E-state index in [9.17, 15) is 0 Å². The Morgan fingerprint density at radius 1 is 1.41 bits per heavy atom. The van der Waals surface area contributed by atoms with Gasteiger partial charge in [-0.25, -0.2) is 0 Å². The van der Waals surface area contributed by atoms with Gasteiger partial charge in [0.05, 0.1) is 11.6 Å². The number of anilines is 1. The Balaban J connectivity index is 1.96. The number of pyridine rings is 1. The van der Waals surface area contributed by atoms with Gasteiger partial charge in [-0.15, -0.1) is 22.9 Å². The van der Waals surface area contributed by atoms with Crippen LogP contribution in [0.1, 0.15) is 10.6 Å². The van der Waals surface area contributed by atoms with Gasteiger partial charge in [0.15, 0.2) is 0 Å². The Labute approximate surface area is 111 Å². The largest absolute Gasteiger partial charge is 0.374 e. The lowest BCUT2D eigenvalue weighted by Gasteiger charge is -2.19. The molecule has 0 aliphatic heterocycles. The SMILES string of the molecule is CN(CCc1cccs1)c1ccnc(CCl)c1. The molecule has 0 spiro atoms. The van der Waals surface area contributed by atoms with Gasteiger partial charge < -0.3 is 4.90 Å². The van der Waals surface area contributed by atoms with E-state index in [4.69, 9.17) is 11.6 Å². The van der Waals surface area contributed by atoms with Gasteiger partial charge in [-0.05, 0) is 30.0 Å². The second-order valence-corrected chi connectivity index (χ2v) is 5.19. The second kappa shape index (κ2) is 6.03. The third-order valence-electron chi connectivity index (χ3n) is 2.65. The standard InChI is InChI=1S/C13H15ClN2S/c1-16(7-5-13-3-2-8-17-13)12-4-6-15-11(9-12)10-14/h2-4,6,8-9H,5,7,10H2,1H3. The van der Waals surface area contributed by atoms with Crippen LogP contribution >= 0.6 is 22.9 Å². The summed E-state index contributed by atoms with van der Waals surface area (Å²) in [6, 6.07) is 8.33. The molecule has 2 aromatic rings. The van der Waals surface area contributed by atoms with E-state index in [0.29, 0.717) is 5.88 Å². The first-order valence-corrected chi connectivity index (χ1v) is 6.95. The number of rotatable bonds is 5. The van der Waals surface area contributed by atoms with Crippen molar-refractivity contribution in [3.8, 4) is 0 Å². The first-order chi connectivity index (χ1) is 8.29. The van der Waals surface area contributed by atoms with Gasteiger partial charge in [0.2, 0.25) is 0 Å². The molecule has 17 heavy (non-hydrogen) atoms. The van der Waals surface area contributed by atoms with Crippen LogP contribution < -0.4 is 4.90 Å². The average molecular weight is 267 g/mol. The van der Waals surface area contributed by atoms with Crippen molar-refractivity contribution in [3.05, 3.63) is 46.4 Å². The summed E-state index contributed by atoms with van der Waals surface area (Å²) in [5, 5.41) is 2.12. The average Bonchev–Trinajstić information content (AvgIpc) is 2.89. The highest BCUT2D eigenvalue weighted by Crippen LogP contribution is 2.16. The lowest BCUT2D eigenvalue weighted by molar-refractivity contribution is 0.884. The van der Waals surface area contributed by atoms with Gasteiger partial charge in [-0.2, -0.15) is 0 Å². The topological polar surface area (TPSA) is 16.1 Å². The van der Waals surface area contributed by atoms with Gasteiger partial charge in [0, 0.05) is 30.4 Å². The molecule has 2 nitrogen and oxygen atoms in total. The van der Waals surface area contributed by atoms with Crippen LogP contribution in [-0.2, 0) is 12.3 Å². The van der Waals surface area contributed by atoms with E-state index in [1.807, 2.05) is 29.7 Å². The van der Waals surface area contributed by atoms with Crippen molar-refractivity contribution < 1.29 is 0 Å². The van der Waals surface area contributed by atoms with Crippen LogP contribution in [0.3, 0.4) is 0 Å². The quantitative estimate of drug-likeness (QED) is 0.770. The smallest absolute Gasteiger partial charge is 0.0648 e. The van der Waals surface area contributed by atoms with Gasteiger partial charge in [0.25, 0.3) is 0 Å². The molecule has 90 valence electrons. The predicted molar refractivity (Wildman–Crippen MR) is 75.1 cm³/mol. The van der Waals surface area contributed by atoms with Crippen molar-refractivity contribution in [1.29, 1.82) is 0 Å². The number of hydrogen-bond donors (Lipinski definition) is 0. The molecule has 0 saturated carbocycles. The molecule has 0 atom stereocenters. The number of thiophene rings is 1. The molecular weight excluding hydrogens is 252 g/mol. The van der Waals surface area contributed by atoms with Crippen molar-refractivity contribution in [2.45, 2.75) is 12.3 Å². The maximum atomic E-state index is 5.78. The van der Waals surface area contributed by atoms with E-state index in [0.717, 1.165) is 18.7 Å². The molecule has 0 aromatic carbocycles. The third kappa shape index (κ3) is 3.45. The molecule has 2 aromatic heterocycles. The van der Waals surface area contributed by atoms with Crippen molar-refractivity contribution in [2.75, 3.05) is 18.5 Å². The minimum Gasteiger partial charge on any atom is -0.374 e. The molecule has 0 radical (unpaired) electrons. The molecule has 0 bridgehead atoms. The Morgan fingerprint density at radius 2 is 2.29 bits per heavy atom. The highest BCUT2D eigenvalue weighted by atomic mass is 35.5. The molecule has 0 fully saturated rings. The van der Waals surface area contributed by atoms with E-state index in [1.54, 1.807) is 0 Å². The fourth-order valence-electron chi connectivity index (χ4n) is 1.64. The first kappa shape index (κ1) is 12.4. The maximum absolute atomic E-state index is 5.78. The molecule has 0 saturated heterocycles. The zero-order valence-electron chi connectivity index (χ0n) is 9.77. The lowest BCUT2D eigenvalue weighted by atomic mass is 10.3. The molecule has 0 aliphatic rings. The predicted octanol–water partition coefficient (Wildman–Crippen LogP) is 3.56. The molecule has 2 heterocycles. The molecule has 2 rings (SSSR count).